The molecule has 0 saturated carbocycles. The molecule has 0 spiro atoms. The molecule has 1 amide bonds. The first kappa shape index (κ1) is 23.7. The number of methoxy groups -OCH3 is 1. The number of ether oxygens (including phenoxy) is 1. The topological polar surface area (TPSA) is 96.7 Å². The van der Waals surface area contributed by atoms with Crippen molar-refractivity contribution in [1.29, 1.82) is 0 Å². The van der Waals surface area contributed by atoms with E-state index in [2.05, 4.69) is 22.1 Å². The Labute approximate surface area is 160 Å². The van der Waals surface area contributed by atoms with Crippen LogP contribution in [0.2, 0.25) is 0 Å². The maximum Gasteiger partial charge on any atom is 0.293 e. The fourth-order valence-corrected chi connectivity index (χ4v) is 2.35. The molecular weight excluding hydrogens is 360 g/mol. The zero-order valence-electron chi connectivity index (χ0n) is 15.4. The average Bonchev–Trinajstić information content (AvgIpc) is 2.62. The first-order chi connectivity index (χ1) is 12.0. The van der Waals surface area contributed by atoms with Gasteiger partial charge in [0.05, 0.1) is 17.6 Å². The molecule has 1 aromatic rings. The van der Waals surface area contributed by atoms with Crippen molar-refractivity contribution in [2.24, 2.45) is 0 Å². The van der Waals surface area contributed by atoms with Crippen molar-refractivity contribution in [2.45, 2.75) is 13.8 Å². The number of nitro groups is 1. The van der Waals surface area contributed by atoms with E-state index in [1.54, 1.807) is 6.08 Å². The lowest BCUT2D eigenvalue weighted by atomic mass is 10.1. The van der Waals surface area contributed by atoms with Crippen molar-refractivity contribution in [2.75, 3.05) is 45.2 Å². The molecule has 2 N–H and O–H groups in total. The molecule has 9 heteroatoms. The van der Waals surface area contributed by atoms with Crippen molar-refractivity contribution in [3.05, 3.63) is 40.5 Å². The molecule has 1 aromatic carbocycles. The Balaban J connectivity index is 0.00000625. The van der Waals surface area contributed by atoms with Crippen molar-refractivity contribution >= 4 is 29.7 Å². The van der Waals surface area contributed by atoms with Crippen LogP contribution in [0.1, 0.15) is 24.2 Å². The summed E-state index contributed by atoms with van der Waals surface area (Å²) in [7, 11) is 1.42. The highest BCUT2D eigenvalue weighted by molar-refractivity contribution is 5.98. The number of carbonyl (C=O) groups excluding carboxylic acids is 1. The number of rotatable bonds is 11. The minimum atomic E-state index is -0.530. The van der Waals surface area contributed by atoms with Crippen molar-refractivity contribution < 1.29 is 14.5 Å². The third kappa shape index (κ3) is 6.53. The summed E-state index contributed by atoms with van der Waals surface area (Å²) in [5, 5.41) is 17.0. The highest BCUT2D eigenvalue weighted by atomic mass is 35.5. The molecule has 0 aliphatic carbocycles. The van der Waals surface area contributed by atoms with E-state index < -0.39 is 10.8 Å². The zero-order valence-corrected chi connectivity index (χ0v) is 16.2. The number of nitrogens with one attached hydrogen (secondary N) is 2. The number of halogens is 1. The van der Waals surface area contributed by atoms with Crippen LogP contribution in [0.4, 0.5) is 11.4 Å². The van der Waals surface area contributed by atoms with Gasteiger partial charge in [0, 0.05) is 31.8 Å². The number of hydrogen-bond acceptors (Lipinski definition) is 6. The van der Waals surface area contributed by atoms with Crippen LogP contribution >= 0.6 is 12.4 Å². The quantitative estimate of drug-likeness (QED) is 0.345. The van der Waals surface area contributed by atoms with Crippen LogP contribution in [0.25, 0.3) is 0 Å². The summed E-state index contributed by atoms with van der Waals surface area (Å²) in [6.45, 7) is 11.0. The molecule has 26 heavy (non-hydrogen) atoms. The molecule has 8 nitrogen and oxygen atoms in total. The van der Waals surface area contributed by atoms with Crippen LogP contribution in [0.3, 0.4) is 0 Å². The van der Waals surface area contributed by atoms with E-state index in [-0.39, 0.29) is 35.1 Å². The van der Waals surface area contributed by atoms with Gasteiger partial charge in [0.15, 0.2) is 0 Å². The second kappa shape index (κ2) is 12.1. The van der Waals surface area contributed by atoms with Gasteiger partial charge in [-0.25, -0.2) is 0 Å². The van der Waals surface area contributed by atoms with Crippen molar-refractivity contribution in [3.63, 3.8) is 0 Å². The Kier molecular flexibility index (Phi) is 11.0. The van der Waals surface area contributed by atoms with Gasteiger partial charge in [-0.1, -0.05) is 19.9 Å². The molecule has 0 fully saturated rings. The van der Waals surface area contributed by atoms with Crippen LogP contribution in [0.5, 0.6) is 5.75 Å². The Morgan fingerprint density at radius 1 is 1.38 bits per heavy atom. The van der Waals surface area contributed by atoms with Gasteiger partial charge in [-0.2, -0.15) is 0 Å². The van der Waals surface area contributed by atoms with Gasteiger partial charge in [-0.3, -0.25) is 14.9 Å². The molecule has 0 heterocycles. The van der Waals surface area contributed by atoms with E-state index >= 15 is 0 Å². The molecule has 0 aromatic heterocycles. The first-order valence-corrected chi connectivity index (χ1v) is 8.20. The minimum Gasteiger partial charge on any atom is -0.496 e. The molecule has 0 unspecified atom stereocenters. The highest BCUT2D eigenvalue weighted by Gasteiger charge is 2.22. The highest BCUT2D eigenvalue weighted by Crippen LogP contribution is 2.32. The van der Waals surface area contributed by atoms with Crippen LogP contribution in [-0.2, 0) is 0 Å². The van der Waals surface area contributed by atoms with Crippen LogP contribution in [0.15, 0.2) is 24.8 Å². The fourth-order valence-electron chi connectivity index (χ4n) is 2.35. The number of anilines is 1. The first-order valence-electron chi connectivity index (χ1n) is 8.20. The summed E-state index contributed by atoms with van der Waals surface area (Å²) in [5.74, 6) is -0.125. The summed E-state index contributed by atoms with van der Waals surface area (Å²) >= 11 is 0. The van der Waals surface area contributed by atoms with Crippen molar-refractivity contribution in [3.8, 4) is 5.75 Å². The van der Waals surface area contributed by atoms with Gasteiger partial charge in [0.25, 0.3) is 11.6 Å². The third-order valence-corrected chi connectivity index (χ3v) is 3.80. The lowest BCUT2D eigenvalue weighted by Gasteiger charge is -2.18. The van der Waals surface area contributed by atoms with Gasteiger partial charge in [0.1, 0.15) is 11.4 Å². The van der Waals surface area contributed by atoms with E-state index in [4.69, 9.17) is 4.74 Å². The molecule has 0 aliphatic heterocycles. The summed E-state index contributed by atoms with van der Waals surface area (Å²) in [6, 6.07) is 2.69. The molecule has 0 radical (unpaired) electrons. The SMILES string of the molecule is C=CCNc1cc(OC)c(C(=O)NCCN(CC)CC)cc1[N+](=O)[O-].Cl. The number of benzene rings is 1. The number of amides is 1. The van der Waals surface area contributed by atoms with Crippen LogP contribution in [0, 0.1) is 10.1 Å². The monoisotopic (exact) mass is 386 g/mol. The van der Waals surface area contributed by atoms with Gasteiger partial charge in [0.2, 0.25) is 0 Å². The van der Waals surface area contributed by atoms with Crippen LogP contribution < -0.4 is 15.4 Å². The van der Waals surface area contributed by atoms with E-state index in [9.17, 15) is 14.9 Å². The number of hydrogen-bond donors (Lipinski definition) is 2. The van der Waals surface area contributed by atoms with Gasteiger partial charge >= 0.3 is 0 Å². The maximum absolute atomic E-state index is 12.4. The molecule has 146 valence electrons. The molecule has 0 saturated heterocycles. The van der Waals surface area contributed by atoms with E-state index in [0.29, 0.717) is 19.6 Å². The molecule has 0 atom stereocenters. The molecular formula is C17H27ClN4O4. The lowest BCUT2D eigenvalue weighted by molar-refractivity contribution is -0.384. The van der Waals surface area contributed by atoms with Crippen LogP contribution in [-0.4, -0.2) is 55.6 Å². The predicted octanol–water partition coefficient (Wildman–Crippen LogP) is 2.69. The normalized spacial score (nSPS) is 10.0. The van der Waals surface area contributed by atoms with E-state index in [1.165, 1.54) is 19.2 Å². The number of nitrogens with zero attached hydrogens (tertiary/aromatic N) is 2. The summed E-state index contributed by atoms with van der Waals surface area (Å²) < 4.78 is 5.23. The van der Waals surface area contributed by atoms with E-state index in [0.717, 1.165) is 13.1 Å². The smallest absolute Gasteiger partial charge is 0.293 e. The Morgan fingerprint density at radius 3 is 2.54 bits per heavy atom. The fraction of sp³-hybridized carbons (Fsp3) is 0.471. The van der Waals surface area contributed by atoms with Gasteiger partial charge < -0.3 is 20.3 Å². The van der Waals surface area contributed by atoms with E-state index in [1.807, 2.05) is 13.8 Å². The second-order valence-electron chi connectivity index (χ2n) is 5.28. The predicted molar refractivity (Wildman–Crippen MR) is 106 cm³/mol. The summed E-state index contributed by atoms with van der Waals surface area (Å²) in [6.07, 6.45) is 1.59. The largest absolute Gasteiger partial charge is 0.496 e. The average molecular weight is 387 g/mol. The summed E-state index contributed by atoms with van der Waals surface area (Å²) in [5.41, 5.74) is 0.232. The lowest BCUT2D eigenvalue weighted by Crippen LogP contribution is -2.35. The maximum atomic E-state index is 12.4. The second-order valence-corrected chi connectivity index (χ2v) is 5.28. The molecule has 1 rings (SSSR count). The standard InChI is InChI=1S/C17H26N4O4.ClH/c1-5-8-18-14-12-16(25-4)13(11-15(14)21(23)24)17(22)19-9-10-20(6-2)7-3;/h5,11-12,18H,1,6-10H2,2-4H3,(H,19,22);1H. The zero-order chi connectivity index (χ0) is 18.8. The number of nitro benzene ring substituents is 1. The Bertz CT molecular complexity index is 621. The van der Waals surface area contributed by atoms with Gasteiger partial charge in [-0.05, 0) is 13.1 Å². The minimum absolute atomic E-state index is 0. The molecule has 0 aliphatic rings. The number of likely N-dealkylation sites (N-methyl/N-ethyl adjacent to an activating group) is 1. The number of carbonyl (C=O) groups is 1. The Morgan fingerprint density at radius 2 is 2.04 bits per heavy atom. The Hall–Kier alpha value is -2.32. The molecule has 0 bridgehead atoms. The summed E-state index contributed by atoms with van der Waals surface area (Å²) in [4.78, 5) is 25.4. The third-order valence-electron chi connectivity index (χ3n) is 3.80. The van der Waals surface area contributed by atoms with Crippen molar-refractivity contribution in [1.82, 2.24) is 10.2 Å². The van der Waals surface area contributed by atoms with Gasteiger partial charge in [-0.15, -0.1) is 19.0 Å².